The summed E-state index contributed by atoms with van der Waals surface area (Å²) in [7, 11) is 0. The van der Waals surface area contributed by atoms with Gasteiger partial charge in [0.25, 0.3) is 0 Å². The topological polar surface area (TPSA) is 64.5 Å². The van der Waals surface area contributed by atoms with Gasteiger partial charge in [0.1, 0.15) is 11.8 Å². The fourth-order valence-electron chi connectivity index (χ4n) is 5.45. The maximum Gasteiger partial charge on any atom is 0.117 e. The predicted molar refractivity (Wildman–Crippen MR) is 145 cm³/mol. The highest BCUT2D eigenvalue weighted by atomic mass is 15.0. The number of nitrogens with one attached hydrogen (secondary N) is 1. The van der Waals surface area contributed by atoms with Crippen LogP contribution in [-0.2, 0) is 0 Å². The van der Waals surface area contributed by atoms with Gasteiger partial charge in [-0.25, -0.2) is 0 Å². The number of nitrogens with zero attached hydrogens (tertiary/aromatic N) is 3. The fourth-order valence-corrected chi connectivity index (χ4v) is 5.45. The van der Waals surface area contributed by atoms with Gasteiger partial charge in [0.2, 0.25) is 0 Å². The molecule has 1 aliphatic heterocycles. The Morgan fingerprint density at radius 3 is 2.36 bits per heavy atom. The summed E-state index contributed by atoms with van der Waals surface area (Å²) >= 11 is 0. The minimum atomic E-state index is 0.196. The highest BCUT2D eigenvalue weighted by Gasteiger charge is 2.23. The number of benzene rings is 4. The van der Waals surface area contributed by atoms with Gasteiger partial charge in [-0.2, -0.15) is 10.5 Å². The highest BCUT2D eigenvalue weighted by Crippen LogP contribution is 2.35. The molecular weight excluding hydrogens is 440 g/mol. The normalized spacial score (nSPS) is 17.2. The zero-order valence-electron chi connectivity index (χ0n) is 19.9. The lowest BCUT2D eigenvalue weighted by molar-refractivity contribution is 0.482. The van der Waals surface area contributed by atoms with Crippen LogP contribution in [0.1, 0.15) is 30.4 Å². The Kier molecular flexibility index (Phi) is 5.29. The summed E-state index contributed by atoms with van der Waals surface area (Å²) in [6.07, 6.45) is 2.85. The molecule has 0 spiro atoms. The number of para-hydroxylation sites is 1. The molecule has 0 fully saturated rings. The van der Waals surface area contributed by atoms with Gasteiger partial charge in [0.15, 0.2) is 0 Å². The van der Waals surface area contributed by atoms with Crippen molar-refractivity contribution in [3.05, 3.63) is 114 Å². The second-order valence-corrected chi connectivity index (χ2v) is 9.38. The minimum absolute atomic E-state index is 0.196. The van der Waals surface area contributed by atoms with Crippen LogP contribution in [0.25, 0.3) is 38.6 Å². The fraction of sp³-hybridized carbons (Fsp3) is 0.125. The summed E-state index contributed by atoms with van der Waals surface area (Å²) in [5.74, 6) is 0.317. The second-order valence-electron chi connectivity index (χ2n) is 9.38. The lowest BCUT2D eigenvalue weighted by Gasteiger charge is -2.29. The number of aromatic nitrogens is 1. The maximum absolute atomic E-state index is 9.44. The number of fused-ring (bicyclic) bond motifs is 3. The largest absolute Gasteiger partial charge is 0.374 e. The lowest BCUT2D eigenvalue weighted by atomic mass is 9.85. The SMILES string of the molecule is CC1NC(C#N)=CCC1c1cccc(-c2cccc(-n3c4ccccc4c4cc(C#N)ccc43)c2)c1. The van der Waals surface area contributed by atoms with Crippen molar-refractivity contribution in [3.63, 3.8) is 0 Å². The van der Waals surface area contributed by atoms with E-state index in [0.717, 1.165) is 39.5 Å². The summed E-state index contributed by atoms with van der Waals surface area (Å²) in [4.78, 5) is 0. The Hall–Kier alpha value is -4.80. The van der Waals surface area contributed by atoms with Crippen LogP contribution in [0.15, 0.2) is 103 Å². The molecule has 1 aromatic heterocycles. The third-order valence-electron chi connectivity index (χ3n) is 7.24. The molecule has 6 rings (SSSR count). The molecule has 2 heterocycles. The van der Waals surface area contributed by atoms with Crippen LogP contribution in [0.3, 0.4) is 0 Å². The molecule has 4 nitrogen and oxygen atoms in total. The number of nitriles is 2. The van der Waals surface area contributed by atoms with Crippen molar-refractivity contribution in [3.8, 4) is 29.0 Å². The van der Waals surface area contributed by atoms with Crippen LogP contribution in [0.2, 0.25) is 0 Å². The zero-order valence-corrected chi connectivity index (χ0v) is 19.9. The Morgan fingerprint density at radius 2 is 1.56 bits per heavy atom. The lowest BCUT2D eigenvalue weighted by Crippen LogP contribution is -2.34. The Labute approximate surface area is 210 Å². The third kappa shape index (κ3) is 3.61. The monoisotopic (exact) mass is 464 g/mol. The molecule has 0 amide bonds. The molecule has 4 heteroatoms. The number of hydrogen-bond donors (Lipinski definition) is 1. The molecule has 172 valence electrons. The van der Waals surface area contributed by atoms with E-state index in [4.69, 9.17) is 0 Å². The van der Waals surface area contributed by atoms with Crippen LogP contribution in [0, 0.1) is 22.7 Å². The van der Waals surface area contributed by atoms with E-state index in [0.29, 0.717) is 17.2 Å². The average molecular weight is 465 g/mol. The molecule has 0 bridgehead atoms. The molecule has 2 atom stereocenters. The summed E-state index contributed by atoms with van der Waals surface area (Å²) in [6, 6.07) is 36.3. The summed E-state index contributed by atoms with van der Waals surface area (Å²) in [6.45, 7) is 2.14. The van der Waals surface area contributed by atoms with Crippen molar-refractivity contribution >= 4 is 21.8 Å². The Bertz CT molecular complexity index is 1740. The van der Waals surface area contributed by atoms with Crippen molar-refractivity contribution in [2.45, 2.75) is 25.3 Å². The van der Waals surface area contributed by atoms with E-state index < -0.39 is 0 Å². The van der Waals surface area contributed by atoms with Crippen molar-refractivity contribution < 1.29 is 0 Å². The van der Waals surface area contributed by atoms with Gasteiger partial charge >= 0.3 is 0 Å². The zero-order chi connectivity index (χ0) is 24.6. The molecule has 5 aromatic rings. The van der Waals surface area contributed by atoms with Crippen LogP contribution in [0.4, 0.5) is 0 Å². The van der Waals surface area contributed by atoms with Crippen LogP contribution < -0.4 is 5.32 Å². The smallest absolute Gasteiger partial charge is 0.117 e. The van der Waals surface area contributed by atoms with Gasteiger partial charge in [-0.05, 0) is 72.5 Å². The van der Waals surface area contributed by atoms with Gasteiger partial charge in [0.05, 0.1) is 22.7 Å². The number of allylic oxidation sites excluding steroid dienone is 2. The van der Waals surface area contributed by atoms with Crippen LogP contribution in [-0.4, -0.2) is 10.6 Å². The van der Waals surface area contributed by atoms with E-state index >= 15 is 0 Å². The second kappa shape index (κ2) is 8.77. The first-order valence-electron chi connectivity index (χ1n) is 12.2. The van der Waals surface area contributed by atoms with Gasteiger partial charge in [0, 0.05) is 28.4 Å². The van der Waals surface area contributed by atoms with E-state index in [1.807, 2.05) is 30.3 Å². The Balaban J connectivity index is 1.45. The van der Waals surface area contributed by atoms with Gasteiger partial charge in [-0.1, -0.05) is 54.6 Å². The van der Waals surface area contributed by atoms with Gasteiger partial charge in [-0.15, -0.1) is 0 Å². The van der Waals surface area contributed by atoms with Crippen molar-refractivity contribution in [1.82, 2.24) is 9.88 Å². The molecule has 0 aliphatic carbocycles. The van der Waals surface area contributed by atoms with E-state index in [1.54, 1.807) is 0 Å². The molecule has 0 saturated heterocycles. The molecule has 2 unspecified atom stereocenters. The Morgan fingerprint density at radius 1 is 0.778 bits per heavy atom. The maximum atomic E-state index is 9.44. The van der Waals surface area contributed by atoms with E-state index in [2.05, 4.69) is 95.7 Å². The average Bonchev–Trinajstić information content (AvgIpc) is 3.26. The number of rotatable bonds is 3. The standard InChI is InChI=1S/C32H24N4/c1-21-28(14-13-26(20-34)35-21)25-8-4-6-23(17-25)24-7-5-9-27(18-24)36-31-11-3-2-10-29(31)30-16-22(19-33)12-15-32(30)36/h2-13,15-18,21,28,35H,14H2,1H3. The quantitative estimate of drug-likeness (QED) is 0.307. The first-order chi connectivity index (χ1) is 17.7. The van der Waals surface area contributed by atoms with E-state index in [9.17, 15) is 10.5 Å². The first-order valence-corrected chi connectivity index (χ1v) is 12.2. The van der Waals surface area contributed by atoms with Crippen molar-refractivity contribution in [1.29, 1.82) is 10.5 Å². The number of hydrogen-bond acceptors (Lipinski definition) is 3. The third-order valence-corrected chi connectivity index (χ3v) is 7.24. The van der Waals surface area contributed by atoms with E-state index in [1.165, 1.54) is 11.1 Å². The van der Waals surface area contributed by atoms with Gasteiger partial charge in [-0.3, -0.25) is 0 Å². The van der Waals surface area contributed by atoms with Crippen molar-refractivity contribution in [2.75, 3.05) is 0 Å². The summed E-state index contributed by atoms with van der Waals surface area (Å²) < 4.78 is 2.28. The molecule has 4 aromatic carbocycles. The van der Waals surface area contributed by atoms with Crippen molar-refractivity contribution in [2.24, 2.45) is 0 Å². The van der Waals surface area contributed by atoms with Crippen LogP contribution in [0.5, 0.6) is 0 Å². The summed E-state index contributed by atoms with van der Waals surface area (Å²) in [5, 5.41) is 24.2. The van der Waals surface area contributed by atoms with Crippen LogP contribution >= 0.6 is 0 Å². The molecule has 1 aliphatic rings. The highest BCUT2D eigenvalue weighted by molar-refractivity contribution is 6.09. The van der Waals surface area contributed by atoms with E-state index in [-0.39, 0.29) is 6.04 Å². The predicted octanol–water partition coefficient (Wildman–Crippen LogP) is 7.20. The molecule has 0 radical (unpaired) electrons. The van der Waals surface area contributed by atoms with Gasteiger partial charge < -0.3 is 9.88 Å². The minimum Gasteiger partial charge on any atom is -0.374 e. The molecular formula is C32H24N4. The first kappa shape index (κ1) is 21.7. The molecule has 1 N–H and O–H groups in total. The summed E-state index contributed by atoms with van der Waals surface area (Å²) in [5.41, 5.74) is 8.21. The molecule has 0 saturated carbocycles. The molecule has 36 heavy (non-hydrogen) atoms.